The standard InChI is InChI=1S/C20H30N2O4/c1-8-22(12-13(2)3)20(24)18(14(4)5)21-19(23)15-9-16(25-6)11-17(10-15)26-7/h9-11,14,18H,2,8,12H2,1,3-7H3,(H,21,23). The number of nitrogens with zero attached hydrogens (tertiary/aromatic N) is 1. The number of rotatable bonds is 9. The van der Waals surface area contributed by atoms with Crippen LogP contribution < -0.4 is 14.8 Å². The Hall–Kier alpha value is -2.50. The predicted octanol–water partition coefficient (Wildman–Crippen LogP) is 2.88. The highest BCUT2D eigenvalue weighted by atomic mass is 16.5. The van der Waals surface area contributed by atoms with Crippen LogP contribution >= 0.6 is 0 Å². The third kappa shape index (κ3) is 5.79. The first-order valence-corrected chi connectivity index (χ1v) is 8.70. The molecule has 0 aliphatic rings. The molecular formula is C20H30N2O4. The maximum Gasteiger partial charge on any atom is 0.252 e. The van der Waals surface area contributed by atoms with Crippen LogP contribution in [0.2, 0.25) is 0 Å². The van der Waals surface area contributed by atoms with E-state index in [-0.39, 0.29) is 17.7 Å². The SMILES string of the molecule is C=C(C)CN(CC)C(=O)C(NC(=O)c1cc(OC)cc(OC)c1)C(C)C. The summed E-state index contributed by atoms with van der Waals surface area (Å²) in [7, 11) is 3.04. The third-order valence-corrected chi connectivity index (χ3v) is 3.99. The zero-order chi connectivity index (χ0) is 19.9. The summed E-state index contributed by atoms with van der Waals surface area (Å²) in [6.07, 6.45) is 0. The molecule has 0 saturated carbocycles. The van der Waals surface area contributed by atoms with Crippen LogP contribution in [0, 0.1) is 5.92 Å². The molecule has 0 radical (unpaired) electrons. The molecule has 1 aromatic carbocycles. The van der Waals surface area contributed by atoms with Gasteiger partial charge in [-0.25, -0.2) is 0 Å². The van der Waals surface area contributed by atoms with Crippen LogP contribution in [0.5, 0.6) is 11.5 Å². The largest absolute Gasteiger partial charge is 0.497 e. The van der Waals surface area contributed by atoms with E-state index in [0.29, 0.717) is 30.2 Å². The zero-order valence-corrected chi connectivity index (χ0v) is 16.6. The number of hydrogen-bond acceptors (Lipinski definition) is 4. The van der Waals surface area contributed by atoms with Crippen LogP contribution in [-0.4, -0.2) is 50.1 Å². The van der Waals surface area contributed by atoms with Crippen molar-refractivity contribution >= 4 is 11.8 Å². The highest BCUT2D eigenvalue weighted by Crippen LogP contribution is 2.22. The number of nitrogens with one attached hydrogen (secondary N) is 1. The monoisotopic (exact) mass is 362 g/mol. The fourth-order valence-electron chi connectivity index (χ4n) is 2.54. The van der Waals surface area contributed by atoms with E-state index in [1.54, 1.807) is 23.1 Å². The van der Waals surface area contributed by atoms with Crippen LogP contribution in [-0.2, 0) is 4.79 Å². The third-order valence-electron chi connectivity index (χ3n) is 3.99. The van der Waals surface area contributed by atoms with E-state index < -0.39 is 6.04 Å². The summed E-state index contributed by atoms with van der Waals surface area (Å²) in [6.45, 7) is 12.5. The second-order valence-corrected chi connectivity index (χ2v) is 6.61. The second-order valence-electron chi connectivity index (χ2n) is 6.61. The van der Waals surface area contributed by atoms with Gasteiger partial charge in [0.15, 0.2) is 0 Å². The van der Waals surface area contributed by atoms with Crippen LogP contribution in [0.25, 0.3) is 0 Å². The van der Waals surface area contributed by atoms with Gasteiger partial charge in [0.05, 0.1) is 14.2 Å². The average Bonchev–Trinajstić information content (AvgIpc) is 2.62. The molecule has 144 valence electrons. The van der Waals surface area contributed by atoms with Crippen LogP contribution in [0.15, 0.2) is 30.4 Å². The Kier molecular flexibility index (Phi) is 8.16. The minimum atomic E-state index is -0.626. The van der Waals surface area contributed by atoms with Gasteiger partial charge in [0.25, 0.3) is 5.91 Å². The van der Waals surface area contributed by atoms with E-state index in [1.807, 2.05) is 27.7 Å². The van der Waals surface area contributed by atoms with Gasteiger partial charge in [-0.3, -0.25) is 9.59 Å². The van der Waals surface area contributed by atoms with E-state index in [2.05, 4.69) is 11.9 Å². The molecule has 1 atom stereocenters. The first-order valence-electron chi connectivity index (χ1n) is 8.70. The van der Waals surface area contributed by atoms with E-state index >= 15 is 0 Å². The smallest absolute Gasteiger partial charge is 0.252 e. The lowest BCUT2D eigenvalue weighted by atomic mass is 10.0. The van der Waals surface area contributed by atoms with E-state index in [4.69, 9.17) is 9.47 Å². The molecule has 0 aliphatic carbocycles. The number of amides is 2. The lowest BCUT2D eigenvalue weighted by molar-refractivity contribution is -0.133. The summed E-state index contributed by atoms with van der Waals surface area (Å²) < 4.78 is 10.4. The van der Waals surface area contributed by atoms with Gasteiger partial charge >= 0.3 is 0 Å². The molecule has 0 saturated heterocycles. The molecule has 0 aliphatic heterocycles. The Labute approximate surface area is 156 Å². The fraction of sp³-hybridized carbons (Fsp3) is 0.500. The minimum Gasteiger partial charge on any atom is -0.497 e. The van der Waals surface area contributed by atoms with Crippen molar-refractivity contribution in [2.45, 2.75) is 33.7 Å². The first-order chi connectivity index (χ1) is 12.2. The number of hydrogen-bond donors (Lipinski definition) is 1. The molecule has 0 fully saturated rings. The Morgan fingerprint density at radius 2 is 1.69 bits per heavy atom. The lowest BCUT2D eigenvalue weighted by Gasteiger charge is -2.29. The summed E-state index contributed by atoms with van der Waals surface area (Å²) in [4.78, 5) is 27.3. The van der Waals surface area contributed by atoms with Gasteiger partial charge in [-0.2, -0.15) is 0 Å². The van der Waals surface area contributed by atoms with Gasteiger partial charge in [-0.05, 0) is 31.9 Å². The highest BCUT2D eigenvalue weighted by molar-refractivity contribution is 5.98. The number of methoxy groups -OCH3 is 2. The van der Waals surface area contributed by atoms with E-state index in [9.17, 15) is 9.59 Å². The highest BCUT2D eigenvalue weighted by Gasteiger charge is 2.28. The number of ether oxygens (including phenoxy) is 2. The van der Waals surface area contributed by atoms with Crippen molar-refractivity contribution in [3.05, 3.63) is 35.9 Å². The molecule has 0 aromatic heterocycles. The quantitative estimate of drug-likeness (QED) is 0.686. The Bertz CT molecular complexity index is 633. The van der Waals surface area contributed by atoms with Crippen molar-refractivity contribution in [1.29, 1.82) is 0 Å². The van der Waals surface area contributed by atoms with Crippen LogP contribution in [0.4, 0.5) is 0 Å². The van der Waals surface area contributed by atoms with Crippen molar-refractivity contribution < 1.29 is 19.1 Å². The molecule has 0 bridgehead atoms. The molecule has 0 spiro atoms. The summed E-state index contributed by atoms with van der Waals surface area (Å²) >= 11 is 0. The molecule has 1 rings (SSSR count). The fourth-order valence-corrected chi connectivity index (χ4v) is 2.54. The zero-order valence-electron chi connectivity index (χ0n) is 16.6. The Morgan fingerprint density at radius 3 is 2.08 bits per heavy atom. The van der Waals surface area contributed by atoms with Gasteiger partial charge in [0.2, 0.25) is 5.91 Å². The van der Waals surface area contributed by atoms with Crippen LogP contribution in [0.3, 0.4) is 0 Å². The lowest BCUT2D eigenvalue weighted by Crippen LogP contribution is -2.51. The van der Waals surface area contributed by atoms with Crippen molar-refractivity contribution in [3.8, 4) is 11.5 Å². The summed E-state index contributed by atoms with van der Waals surface area (Å²) in [6, 6.07) is 4.29. The van der Waals surface area contributed by atoms with Gasteiger partial charge < -0.3 is 19.7 Å². The molecule has 1 aromatic rings. The molecule has 26 heavy (non-hydrogen) atoms. The number of carbonyl (C=O) groups is 2. The number of carbonyl (C=O) groups excluding carboxylic acids is 2. The first kappa shape index (κ1) is 21.5. The maximum absolute atomic E-state index is 12.9. The van der Waals surface area contributed by atoms with Crippen molar-refractivity contribution in [2.75, 3.05) is 27.3 Å². The Balaban J connectivity index is 3.05. The van der Waals surface area contributed by atoms with Gasteiger partial charge in [-0.15, -0.1) is 0 Å². The van der Waals surface area contributed by atoms with Gasteiger partial charge in [0, 0.05) is 24.7 Å². The molecule has 6 heteroatoms. The molecule has 0 heterocycles. The van der Waals surface area contributed by atoms with Gasteiger partial charge in [0.1, 0.15) is 17.5 Å². The van der Waals surface area contributed by atoms with Crippen molar-refractivity contribution in [2.24, 2.45) is 5.92 Å². The van der Waals surface area contributed by atoms with E-state index in [0.717, 1.165) is 5.57 Å². The Morgan fingerprint density at radius 1 is 1.15 bits per heavy atom. The molecule has 2 amide bonds. The summed E-state index contributed by atoms with van der Waals surface area (Å²) in [5, 5.41) is 2.85. The van der Waals surface area contributed by atoms with Crippen LogP contribution in [0.1, 0.15) is 38.1 Å². The topological polar surface area (TPSA) is 67.9 Å². The summed E-state index contributed by atoms with van der Waals surface area (Å²) in [5.41, 5.74) is 1.27. The normalized spacial score (nSPS) is 11.7. The molecule has 6 nitrogen and oxygen atoms in total. The molecule has 1 unspecified atom stereocenters. The molecule has 1 N–H and O–H groups in total. The summed E-state index contributed by atoms with van der Waals surface area (Å²) in [5.74, 6) is 0.506. The average molecular weight is 362 g/mol. The van der Waals surface area contributed by atoms with Crippen molar-refractivity contribution in [1.82, 2.24) is 10.2 Å². The van der Waals surface area contributed by atoms with E-state index in [1.165, 1.54) is 14.2 Å². The second kappa shape index (κ2) is 9.85. The maximum atomic E-state index is 12.9. The number of benzene rings is 1. The minimum absolute atomic E-state index is 0.0573. The van der Waals surface area contributed by atoms with Gasteiger partial charge in [-0.1, -0.05) is 26.0 Å². The van der Waals surface area contributed by atoms with Crippen molar-refractivity contribution in [3.63, 3.8) is 0 Å². The predicted molar refractivity (Wildman–Crippen MR) is 103 cm³/mol. The number of likely N-dealkylation sites (N-methyl/N-ethyl adjacent to an activating group) is 1. The molecular weight excluding hydrogens is 332 g/mol.